The summed E-state index contributed by atoms with van der Waals surface area (Å²) < 4.78 is 6.62. The molecule has 1 aliphatic heterocycles. The minimum absolute atomic E-state index is 0.0363. The highest BCUT2D eigenvalue weighted by atomic mass is 16.5. The lowest BCUT2D eigenvalue weighted by Crippen LogP contribution is -2.46. The number of fused-ring (bicyclic) bond motifs is 5. The number of nitrogens with zero attached hydrogens (tertiary/aromatic N) is 1. The van der Waals surface area contributed by atoms with Crippen LogP contribution in [0.5, 0.6) is 5.75 Å². The van der Waals surface area contributed by atoms with E-state index in [1.165, 1.54) is 71.9 Å². The molecule has 4 unspecified atom stereocenters. The number of anilines is 1. The molecule has 11 rings (SSSR count). The van der Waals surface area contributed by atoms with E-state index in [0.29, 0.717) is 0 Å². The number of rotatable bonds is 6. The van der Waals surface area contributed by atoms with E-state index in [0.717, 1.165) is 37.9 Å². The molecule has 1 heterocycles. The van der Waals surface area contributed by atoms with Crippen LogP contribution in [0, 0.1) is 0 Å². The minimum atomic E-state index is -0.432. The highest BCUT2D eigenvalue weighted by molar-refractivity contribution is 5.89. The van der Waals surface area contributed by atoms with E-state index in [-0.39, 0.29) is 18.1 Å². The van der Waals surface area contributed by atoms with Crippen LogP contribution < -0.4 is 20.1 Å². The molecule has 5 aromatic rings. The molecule has 0 amide bonds. The predicted octanol–water partition coefficient (Wildman–Crippen LogP) is 10.9. The Hall–Kier alpha value is -6.12. The number of benzene rings is 5. The van der Waals surface area contributed by atoms with Gasteiger partial charge >= 0.3 is 0 Å². The van der Waals surface area contributed by atoms with Crippen LogP contribution in [0.3, 0.4) is 0 Å². The van der Waals surface area contributed by atoms with Crippen LogP contribution in [0.1, 0.15) is 60.3 Å². The summed E-state index contributed by atoms with van der Waals surface area (Å²) in [6.07, 6.45) is 28.8. The summed E-state index contributed by atoms with van der Waals surface area (Å²) in [6, 6.07) is 45.3. The lowest BCUT2D eigenvalue weighted by Gasteiger charge is -2.46. The van der Waals surface area contributed by atoms with Crippen molar-refractivity contribution in [2.75, 3.05) is 4.90 Å². The molecule has 0 N–H and O–H groups in total. The SMILES string of the molecule is C1=CCCC(c2ccc(N(C3=CC4Oc5ccccc5C4C=C3)C3C=C(C4(c5ccccc5)C5=c6c(cccc6=CCC5)-c5ccccc54)C=CC3)cc2)=C1. The predicted molar refractivity (Wildman–Crippen MR) is 227 cm³/mol. The summed E-state index contributed by atoms with van der Waals surface area (Å²) in [4.78, 5) is 2.58. The molecule has 55 heavy (non-hydrogen) atoms. The molecule has 5 aromatic carbocycles. The molecule has 0 saturated carbocycles. The topological polar surface area (TPSA) is 12.5 Å². The highest BCUT2D eigenvalue weighted by Crippen LogP contribution is 2.54. The summed E-state index contributed by atoms with van der Waals surface area (Å²) in [5.41, 5.74) is 14.2. The van der Waals surface area contributed by atoms with Crippen molar-refractivity contribution in [2.24, 2.45) is 0 Å². The Bertz CT molecular complexity index is 2670. The van der Waals surface area contributed by atoms with Crippen molar-refractivity contribution in [3.05, 3.63) is 220 Å². The highest BCUT2D eigenvalue weighted by Gasteiger charge is 2.46. The van der Waals surface area contributed by atoms with E-state index in [1.54, 1.807) is 0 Å². The largest absolute Gasteiger partial charge is 0.485 e. The fourth-order valence-electron chi connectivity index (χ4n) is 10.4. The van der Waals surface area contributed by atoms with Gasteiger partial charge in [0.15, 0.2) is 0 Å². The van der Waals surface area contributed by atoms with E-state index in [1.807, 2.05) is 0 Å². The molecule has 5 aliphatic carbocycles. The monoisotopic (exact) mass is 709 g/mol. The summed E-state index contributed by atoms with van der Waals surface area (Å²) in [5, 5.41) is 2.79. The van der Waals surface area contributed by atoms with Gasteiger partial charge < -0.3 is 9.64 Å². The summed E-state index contributed by atoms with van der Waals surface area (Å²) in [5.74, 6) is 1.22. The second-order valence-corrected chi connectivity index (χ2v) is 15.7. The third-order valence-electron chi connectivity index (χ3n) is 12.8. The maximum absolute atomic E-state index is 6.62. The molecule has 6 aliphatic rings. The van der Waals surface area contributed by atoms with Crippen molar-refractivity contribution >= 4 is 22.9 Å². The van der Waals surface area contributed by atoms with E-state index < -0.39 is 5.41 Å². The molecule has 2 nitrogen and oxygen atoms in total. The Balaban J connectivity index is 1.11. The maximum Gasteiger partial charge on any atom is 0.130 e. The van der Waals surface area contributed by atoms with Crippen LogP contribution in [0.4, 0.5) is 5.69 Å². The minimum Gasteiger partial charge on any atom is -0.485 e. The zero-order chi connectivity index (χ0) is 36.3. The lowest BCUT2D eigenvalue weighted by molar-refractivity contribution is 0.267. The molecular formula is C53H43NO. The first-order valence-corrected chi connectivity index (χ1v) is 20.1. The van der Waals surface area contributed by atoms with E-state index in [4.69, 9.17) is 4.74 Å². The van der Waals surface area contributed by atoms with Gasteiger partial charge in [-0.05, 0) is 117 Å². The first kappa shape index (κ1) is 32.3. The average Bonchev–Trinajstić information content (AvgIpc) is 3.63. The van der Waals surface area contributed by atoms with E-state index in [9.17, 15) is 0 Å². The lowest BCUT2D eigenvalue weighted by atomic mass is 9.57. The maximum atomic E-state index is 6.62. The Labute approximate surface area is 323 Å². The Morgan fingerprint density at radius 2 is 1.53 bits per heavy atom. The van der Waals surface area contributed by atoms with Gasteiger partial charge in [-0.15, -0.1) is 0 Å². The molecular weight excluding hydrogens is 667 g/mol. The quantitative estimate of drug-likeness (QED) is 0.174. The number of para-hydroxylation sites is 1. The van der Waals surface area contributed by atoms with Crippen LogP contribution in [-0.2, 0) is 5.41 Å². The second-order valence-electron chi connectivity index (χ2n) is 15.7. The van der Waals surface area contributed by atoms with Crippen molar-refractivity contribution in [2.45, 2.75) is 55.6 Å². The molecule has 0 saturated heterocycles. The molecule has 266 valence electrons. The fourth-order valence-corrected chi connectivity index (χ4v) is 10.4. The number of ether oxygens (including phenoxy) is 1. The third-order valence-corrected chi connectivity index (χ3v) is 12.8. The molecule has 2 heteroatoms. The average molecular weight is 710 g/mol. The van der Waals surface area contributed by atoms with Crippen molar-refractivity contribution in [3.8, 4) is 16.9 Å². The zero-order valence-corrected chi connectivity index (χ0v) is 30.9. The first-order valence-electron chi connectivity index (χ1n) is 20.1. The van der Waals surface area contributed by atoms with Gasteiger partial charge in [0.05, 0.1) is 11.5 Å². The smallest absolute Gasteiger partial charge is 0.130 e. The Morgan fingerprint density at radius 3 is 2.42 bits per heavy atom. The van der Waals surface area contributed by atoms with E-state index >= 15 is 0 Å². The summed E-state index contributed by atoms with van der Waals surface area (Å²) >= 11 is 0. The third kappa shape index (κ3) is 5.08. The normalized spacial score (nSPS) is 23.9. The first-order chi connectivity index (χ1) is 27.3. The van der Waals surface area contributed by atoms with Crippen molar-refractivity contribution in [3.63, 3.8) is 0 Å². The number of hydrogen-bond acceptors (Lipinski definition) is 2. The fraction of sp³-hybridized carbons (Fsp3) is 0.170. The zero-order valence-electron chi connectivity index (χ0n) is 30.9. The van der Waals surface area contributed by atoms with Gasteiger partial charge in [-0.25, -0.2) is 0 Å². The molecule has 4 atom stereocenters. The van der Waals surface area contributed by atoms with Crippen LogP contribution >= 0.6 is 0 Å². The standard InChI is InChI=1S/C53H43NO/c1-3-14-36(15-4-1)37-28-30-41(31-29-37)54(43-32-33-46-45-23-8-10-27-50(45)55-51(46)35-43)42-21-13-20-40(34-42)53(39-18-5-2-6-19-39)48-25-9-7-22-44(48)47-24-11-16-38-17-12-26-49(53)52(38)47/h1-3,5-11,13-14,16-20,22-25,27-35,42,46,51H,4,12,15,21,26H2. The Morgan fingerprint density at radius 1 is 0.691 bits per heavy atom. The number of allylic oxidation sites excluding steroid dienone is 7. The van der Waals surface area contributed by atoms with Crippen molar-refractivity contribution < 1.29 is 4.74 Å². The second kappa shape index (κ2) is 13.0. The summed E-state index contributed by atoms with van der Waals surface area (Å²) in [7, 11) is 0. The molecule has 0 bridgehead atoms. The van der Waals surface area contributed by atoms with E-state index in [2.05, 4.69) is 187 Å². The molecule has 0 radical (unpaired) electrons. The van der Waals surface area contributed by atoms with Crippen LogP contribution in [-0.4, -0.2) is 12.1 Å². The van der Waals surface area contributed by atoms with Gasteiger partial charge in [0, 0.05) is 22.9 Å². The number of hydrogen-bond donors (Lipinski definition) is 0. The molecule has 0 fully saturated rings. The van der Waals surface area contributed by atoms with Gasteiger partial charge in [-0.3, -0.25) is 0 Å². The van der Waals surface area contributed by atoms with Gasteiger partial charge in [0.1, 0.15) is 11.9 Å². The van der Waals surface area contributed by atoms with Gasteiger partial charge in [0.2, 0.25) is 0 Å². The van der Waals surface area contributed by atoms with Crippen molar-refractivity contribution in [1.82, 2.24) is 0 Å². The Kier molecular flexibility index (Phi) is 7.65. The van der Waals surface area contributed by atoms with Gasteiger partial charge in [-0.2, -0.15) is 0 Å². The van der Waals surface area contributed by atoms with Crippen LogP contribution in [0.2, 0.25) is 0 Å². The van der Waals surface area contributed by atoms with Crippen LogP contribution in [0.25, 0.3) is 28.3 Å². The van der Waals surface area contributed by atoms with Crippen molar-refractivity contribution in [1.29, 1.82) is 0 Å². The molecule has 0 spiro atoms. The van der Waals surface area contributed by atoms with Gasteiger partial charge in [0.25, 0.3) is 0 Å². The van der Waals surface area contributed by atoms with Gasteiger partial charge in [-0.1, -0.05) is 152 Å². The molecule has 0 aromatic heterocycles. The summed E-state index contributed by atoms with van der Waals surface area (Å²) in [6.45, 7) is 0. The van der Waals surface area contributed by atoms with Crippen LogP contribution in [0.15, 0.2) is 187 Å².